The number of halogens is 1. The molecule has 2 rings (SSSR count). The van der Waals surface area contributed by atoms with Crippen molar-refractivity contribution >= 4 is 33.8 Å². The molecule has 1 aromatic heterocycles. The molecule has 0 fully saturated rings. The third-order valence-electron chi connectivity index (χ3n) is 1.65. The van der Waals surface area contributed by atoms with Crippen molar-refractivity contribution in [3.63, 3.8) is 0 Å². The zero-order chi connectivity index (χ0) is 11.3. The van der Waals surface area contributed by atoms with Crippen LogP contribution in [-0.4, -0.2) is 0 Å². The molecule has 0 saturated heterocycles. The van der Waals surface area contributed by atoms with Crippen molar-refractivity contribution < 1.29 is 8.83 Å². The Kier molecular flexibility index (Phi) is 4.43. The van der Waals surface area contributed by atoms with Gasteiger partial charge in [0.05, 0.1) is 0 Å². The Morgan fingerprint density at radius 1 is 1.33 bits per heavy atom. The summed E-state index contributed by atoms with van der Waals surface area (Å²) in [7, 11) is 0. The number of rotatable bonds is 0. The van der Waals surface area contributed by atoms with Crippen LogP contribution in [0.2, 0.25) is 0 Å². The van der Waals surface area contributed by atoms with Crippen LogP contribution in [0.3, 0.4) is 0 Å². The minimum Gasteiger partial charge on any atom is -0.391 e. The summed E-state index contributed by atoms with van der Waals surface area (Å²) < 4.78 is 12.2. The highest BCUT2D eigenvalue weighted by Gasteiger charge is 2.03. The Bertz CT molecular complexity index is 548. The molecule has 3 nitrogen and oxygen atoms in total. The van der Waals surface area contributed by atoms with E-state index in [4.69, 9.17) is 8.83 Å². The lowest BCUT2D eigenvalue weighted by Gasteiger charge is -1.87. The van der Waals surface area contributed by atoms with Gasteiger partial charge in [-0.25, -0.2) is 4.79 Å². The van der Waals surface area contributed by atoms with Crippen molar-refractivity contribution in [3.8, 4) is 9.85 Å². The molecule has 0 amide bonds. The van der Waals surface area contributed by atoms with E-state index in [9.17, 15) is 4.79 Å². The lowest BCUT2D eigenvalue weighted by atomic mass is 10.2. The van der Waals surface area contributed by atoms with Crippen LogP contribution in [0.1, 0.15) is 12.5 Å². The molecule has 0 radical (unpaired) electrons. The number of hydrogen-bond acceptors (Lipinski definition) is 3. The van der Waals surface area contributed by atoms with Gasteiger partial charge in [-0.05, 0) is 29.4 Å². The fourth-order valence-electron chi connectivity index (χ4n) is 1.03. The van der Waals surface area contributed by atoms with E-state index in [1.807, 2.05) is 48.6 Å². The van der Waals surface area contributed by atoms with Gasteiger partial charge in [0.2, 0.25) is 0 Å². The topological polar surface area (TPSA) is 43.4 Å². The van der Waals surface area contributed by atoms with Crippen molar-refractivity contribution in [2.45, 2.75) is 13.8 Å². The molecule has 0 spiro atoms. The Labute approximate surface area is 101 Å². The van der Waals surface area contributed by atoms with Crippen LogP contribution in [0.15, 0.2) is 31.8 Å². The van der Waals surface area contributed by atoms with Crippen LogP contribution in [0.25, 0.3) is 11.2 Å². The summed E-state index contributed by atoms with van der Waals surface area (Å²) >= 11 is 1.99. The van der Waals surface area contributed by atoms with Crippen LogP contribution in [-0.2, 0) is 0 Å². The average molecular weight is 316 g/mol. The quantitative estimate of drug-likeness (QED) is 0.554. The summed E-state index contributed by atoms with van der Waals surface area (Å²) in [5.74, 6) is 2.02. The molecule has 1 heterocycles. The van der Waals surface area contributed by atoms with E-state index in [1.54, 1.807) is 6.07 Å². The van der Waals surface area contributed by atoms with E-state index >= 15 is 0 Å². The van der Waals surface area contributed by atoms with E-state index in [1.165, 1.54) is 0 Å². The largest absolute Gasteiger partial charge is 0.519 e. The lowest BCUT2D eigenvalue weighted by molar-refractivity contribution is 0.409. The smallest absolute Gasteiger partial charge is 0.391 e. The van der Waals surface area contributed by atoms with Gasteiger partial charge < -0.3 is 8.83 Å². The molecule has 4 heteroatoms. The van der Waals surface area contributed by atoms with Crippen LogP contribution in [0.4, 0.5) is 0 Å². The van der Waals surface area contributed by atoms with Gasteiger partial charge in [0.15, 0.2) is 11.2 Å². The minimum atomic E-state index is -0.644. The molecular formula is C11H9IO3. The molecule has 0 aliphatic rings. The fourth-order valence-corrected chi connectivity index (χ4v) is 1.03. The Morgan fingerprint density at radius 2 is 2.00 bits per heavy atom. The molecule has 0 saturated carbocycles. The second kappa shape index (κ2) is 5.61. The highest BCUT2D eigenvalue weighted by molar-refractivity contribution is 14.1. The summed E-state index contributed by atoms with van der Waals surface area (Å²) in [4.78, 5) is 10.6. The molecule has 1 aromatic carbocycles. The molecule has 0 atom stereocenters. The second-order valence-corrected chi connectivity index (χ2v) is 3.24. The van der Waals surface area contributed by atoms with E-state index in [0.717, 1.165) is 5.56 Å². The SMILES string of the molecule is CC#CI.Cc1cccc2oc(=O)oc12. The van der Waals surface area contributed by atoms with Gasteiger partial charge in [-0.2, -0.15) is 0 Å². The van der Waals surface area contributed by atoms with Gasteiger partial charge in [0.1, 0.15) is 0 Å². The number of aryl methyl sites for hydroxylation is 1. The van der Waals surface area contributed by atoms with Gasteiger partial charge in [-0.1, -0.05) is 18.1 Å². The summed E-state index contributed by atoms with van der Waals surface area (Å²) in [6, 6.07) is 5.38. The van der Waals surface area contributed by atoms with Crippen molar-refractivity contribution in [1.82, 2.24) is 0 Å². The first-order valence-corrected chi connectivity index (χ1v) is 5.28. The first-order valence-electron chi connectivity index (χ1n) is 4.20. The minimum absolute atomic E-state index is 0.509. The maximum absolute atomic E-state index is 10.6. The highest BCUT2D eigenvalue weighted by atomic mass is 127. The molecule has 78 valence electrons. The van der Waals surface area contributed by atoms with Crippen LogP contribution < -0.4 is 5.82 Å². The monoisotopic (exact) mass is 316 g/mol. The van der Waals surface area contributed by atoms with Gasteiger partial charge in [0, 0.05) is 22.6 Å². The number of hydrogen-bond donors (Lipinski definition) is 0. The lowest BCUT2D eigenvalue weighted by Crippen LogP contribution is -1.84. The number of benzene rings is 1. The van der Waals surface area contributed by atoms with Gasteiger partial charge in [-0.15, -0.1) is 0 Å². The van der Waals surface area contributed by atoms with Gasteiger partial charge in [-0.3, -0.25) is 0 Å². The van der Waals surface area contributed by atoms with E-state index in [-0.39, 0.29) is 0 Å². The van der Waals surface area contributed by atoms with Crippen molar-refractivity contribution in [1.29, 1.82) is 0 Å². The zero-order valence-electron chi connectivity index (χ0n) is 8.33. The Morgan fingerprint density at radius 3 is 2.53 bits per heavy atom. The van der Waals surface area contributed by atoms with Crippen LogP contribution in [0, 0.1) is 16.8 Å². The van der Waals surface area contributed by atoms with E-state index in [2.05, 4.69) is 9.85 Å². The summed E-state index contributed by atoms with van der Waals surface area (Å²) in [6.07, 6.45) is 0. The van der Waals surface area contributed by atoms with Gasteiger partial charge >= 0.3 is 5.82 Å². The predicted molar refractivity (Wildman–Crippen MR) is 67.0 cm³/mol. The first kappa shape index (κ1) is 11.9. The normalized spacial score (nSPS) is 8.73. The zero-order valence-corrected chi connectivity index (χ0v) is 10.5. The Hall–Kier alpha value is -1.22. The number of para-hydroxylation sites is 1. The molecule has 2 aromatic rings. The summed E-state index contributed by atoms with van der Waals surface area (Å²) in [5, 5.41) is 0. The predicted octanol–water partition coefficient (Wildman–Crippen LogP) is 3.10. The van der Waals surface area contributed by atoms with Gasteiger partial charge in [0.25, 0.3) is 0 Å². The van der Waals surface area contributed by atoms with Crippen molar-refractivity contribution in [2.24, 2.45) is 0 Å². The van der Waals surface area contributed by atoms with Crippen LogP contribution >= 0.6 is 22.6 Å². The Balaban J connectivity index is 0.000000245. The molecule has 15 heavy (non-hydrogen) atoms. The molecular weight excluding hydrogens is 307 g/mol. The maximum atomic E-state index is 10.6. The molecule has 0 bridgehead atoms. The number of fused-ring (bicyclic) bond motifs is 1. The standard InChI is InChI=1S/C8H6O3.C3H3I/c1-5-3-2-4-6-7(5)11-8(9)10-6;1-2-3-4/h2-4H,1H3;1H3. The van der Waals surface area contributed by atoms with E-state index in [0.29, 0.717) is 11.2 Å². The highest BCUT2D eigenvalue weighted by Crippen LogP contribution is 2.15. The van der Waals surface area contributed by atoms with Crippen LogP contribution in [0.5, 0.6) is 0 Å². The maximum Gasteiger partial charge on any atom is 0.519 e. The second-order valence-electron chi connectivity index (χ2n) is 2.70. The third-order valence-corrected chi connectivity index (χ3v) is 2.19. The summed E-state index contributed by atoms with van der Waals surface area (Å²) in [5.41, 5.74) is 1.96. The fraction of sp³-hybridized carbons (Fsp3) is 0.182. The molecule has 0 N–H and O–H groups in total. The van der Waals surface area contributed by atoms with E-state index < -0.39 is 5.82 Å². The first-order chi connectivity index (χ1) is 7.19. The van der Waals surface area contributed by atoms with Crippen molar-refractivity contribution in [2.75, 3.05) is 0 Å². The summed E-state index contributed by atoms with van der Waals surface area (Å²) in [6.45, 7) is 3.67. The average Bonchev–Trinajstić information content (AvgIpc) is 2.61. The third kappa shape index (κ3) is 3.13. The molecule has 0 aliphatic heterocycles. The van der Waals surface area contributed by atoms with Crippen molar-refractivity contribution in [3.05, 3.63) is 34.4 Å². The molecule has 0 unspecified atom stereocenters. The molecule has 0 aliphatic carbocycles.